The monoisotopic (exact) mass is 287 g/mol. The summed E-state index contributed by atoms with van der Waals surface area (Å²) in [6, 6.07) is 9.93. The summed E-state index contributed by atoms with van der Waals surface area (Å²) >= 11 is 0. The summed E-state index contributed by atoms with van der Waals surface area (Å²) in [5.74, 6) is -0.602. The van der Waals surface area contributed by atoms with Gasteiger partial charge in [0.15, 0.2) is 6.61 Å². The zero-order valence-corrected chi connectivity index (χ0v) is 12.1. The maximum Gasteiger partial charge on any atom is 0.309 e. The number of benzene rings is 1. The fraction of sp³-hybridized carbons (Fsp3) is 0.412. The van der Waals surface area contributed by atoms with E-state index in [4.69, 9.17) is 4.74 Å². The normalized spacial score (nSPS) is 17.2. The molecule has 0 radical (unpaired) electrons. The molecule has 0 bridgehead atoms. The van der Waals surface area contributed by atoms with Crippen LogP contribution >= 0.6 is 0 Å². The fourth-order valence-corrected chi connectivity index (χ4v) is 2.30. The standard InChI is InChI=1S/C17H21NO3/c19-16(18-12-11-14-7-3-1-4-8-14)13-21-17(20)15-9-5-2-6-10-15/h1-5,7-8,15H,6,9-13H2,(H,18,19)/t15-/m1/s1. The number of nitrogens with one attached hydrogen (secondary N) is 1. The van der Waals surface area contributed by atoms with Gasteiger partial charge in [0.25, 0.3) is 5.91 Å². The highest BCUT2D eigenvalue weighted by molar-refractivity contribution is 5.81. The molecule has 0 spiro atoms. The van der Waals surface area contributed by atoms with E-state index in [1.807, 2.05) is 36.4 Å². The third kappa shape index (κ3) is 5.42. The third-order valence-electron chi connectivity index (χ3n) is 3.53. The van der Waals surface area contributed by atoms with Crippen molar-refractivity contribution in [3.05, 3.63) is 48.0 Å². The van der Waals surface area contributed by atoms with Gasteiger partial charge in [0.05, 0.1) is 5.92 Å². The Labute approximate surface area is 125 Å². The lowest BCUT2D eigenvalue weighted by Gasteiger charge is -2.16. The molecule has 0 saturated heterocycles. The van der Waals surface area contributed by atoms with E-state index in [1.54, 1.807) is 0 Å². The van der Waals surface area contributed by atoms with Gasteiger partial charge in [-0.15, -0.1) is 0 Å². The summed E-state index contributed by atoms with van der Waals surface area (Å²) in [7, 11) is 0. The molecule has 4 heteroatoms. The van der Waals surface area contributed by atoms with Crippen LogP contribution in [0, 0.1) is 5.92 Å². The average molecular weight is 287 g/mol. The van der Waals surface area contributed by atoms with E-state index in [-0.39, 0.29) is 24.4 Å². The van der Waals surface area contributed by atoms with Crippen LogP contribution < -0.4 is 5.32 Å². The van der Waals surface area contributed by atoms with Gasteiger partial charge in [-0.25, -0.2) is 0 Å². The second-order valence-corrected chi connectivity index (χ2v) is 5.17. The lowest BCUT2D eigenvalue weighted by atomic mass is 9.95. The van der Waals surface area contributed by atoms with Crippen molar-refractivity contribution >= 4 is 11.9 Å². The van der Waals surface area contributed by atoms with Crippen LogP contribution in [0.1, 0.15) is 24.8 Å². The zero-order valence-electron chi connectivity index (χ0n) is 12.1. The smallest absolute Gasteiger partial charge is 0.309 e. The van der Waals surface area contributed by atoms with Gasteiger partial charge in [-0.05, 0) is 31.2 Å². The van der Waals surface area contributed by atoms with Gasteiger partial charge in [0, 0.05) is 6.54 Å². The maximum absolute atomic E-state index is 11.8. The molecular weight excluding hydrogens is 266 g/mol. The largest absolute Gasteiger partial charge is 0.455 e. The lowest BCUT2D eigenvalue weighted by Crippen LogP contribution is -2.31. The van der Waals surface area contributed by atoms with Crippen LogP contribution in [0.5, 0.6) is 0 Å². The summed E-state index contributed by atoms with van der Waals surface area (Å²) < 4.78 is 5.06. The number of ether oxygens (including phenoxy) is 1. The number of hydrogen-bond acceptors (Lipinski definition) is 3. The fourth-order valence-electron chi connectivity index (χ4n) is 2.30. The van der Waals surface area contributed by atoms with E-state index in [9.17, 15) is 9.59 Å². The second kappa shape index (κ2) is 8.25. The predicted molar refractivity (Wildman–Crippen MR) is 80.6 cm³/mol. The van der Waals surface area contributed by atoms with Crippen LogP contribution in [0.25, 0.3) is 0 Å². The first kappa shape index (κ1) is 15.3. The van der Waals surface area contributed by atoms with Crippen LogP contribution in [0.15, 0.2) is 42.5 Å². The molecule has 1 amide bonds. The first-order valence-electron chi connectivity index (χ1n) is 7.38. The zero-order chi connectivity index (χ0) is 14.9. The Morgan fingerprint density at radius 3 is 2.71 bits per heavy atom. The molecule has 1 atom stereocenters. The first-order chi connectivity index (χ1) is 10.3. The van der Waals surface area contributed by atoms with Crippen molar-refractivity contribution in [2.24, 2.45) is 5.92 Å². The predicted octanol–water partition coefficient (Wildman–Crippen LogP) is 2.24. The minimum absolute atomic E-state index is 0.0906. The van der Waals surface area contributed by atoms with Gasteiger partial charge in [0.1, 0.15) is 0 Å². The number of carbonyl (C=O) groups excluding carboxylic acids is 2. The molecule has 1 aliphatic carbocycles. The van der Waals surface area contributed by atoms with E-state index in [2.05, 4.69) is 11.4 Å². The van der Waals surface area contributed by atoms with Crippen LogP contribution in [0.2, 0.25) is 0 Å². The summed E-state index contributed by atoms with van der Waals surface area (Å²) in [4.78, 5) is 23.4. The highest BCUT2D eigenvalue weighted by Crippen LogP contribution is 2.19. The minimum atomic E-state index is -0.266. The number of allylic oxidation sites excluding steroid dienone is 2. The van der Waals surface area contributed by atoms with Crippen LogP contribution in [-0.4, -0.2) is 25.0 Å². The van der Waals surface area contributed by atoms with Crippen molar-refractivity contribution in [3.8, 4) is 0 Å². The van der Waals surface area contributed by atoms with Crippen molar-refractivity contribution in [2.45, 2.75) is 25.7 Å². The Morgan fingerprint density at radius 2 is 2.00 bits per heavy atom. The van der Waals surface area contributed by atoms with Gasteiger partial charge < -0.3 is 10.1 Å². The number of esters is 1. The molecular formula is C17H21NO3. The lowest BCUT2D eigenvalue weighted by molar-refractivity contribution is -0.152. The first-order valence-corrected chi connectivity index (χ1v) is 7.38. The van der Waals surface area contributed by atoms with E-state index in [0.717, 1.165) is 19.3 Å². The van der Waals surface area contributed by atoms with Gasteiger partial charge in [-0.1, -0.05) is 42.5 Å². The molecule has 0 fully saturated rings. The molecule has 1 aromatic rings. The molecule has 112 valence electrons. The van der Waals surface area contributed by atoms with Crippen molar-refractivity contribution in [3.63, 3.8) is 0 Å². The number of hydrogen-bond donors (Lipinski definition) is 1. The van der Waals surface area contributed by atoms with Gasteiger partial charge in [-0.3, -0.25) is 9.59 Å². The summed E-state index contributed by atoms with van der Waals surface area (Å²) in [5, 5.41) is 2.76. The van der Waals surface area contributed by atoms with Gasteiger partial charge in [-0.2, -0.15) is 0 Å². The third-order valence-corrected chi connectivity index (χ3v) is 3.53. The Hall–Kier alpha value is -2.10. The molecule has 21 heavy (non-hydrogen) atoms. The van der Waals surface area contributed by atoms with Crippen LogP contribution in [-0.2, 0) is 20.7 Å². The molecule has 0 aliphatic heterocycles. The number of amides is 1. The molecule has 0 unspecified atom stereocenters. The van der Waals surface area contributed by atoms with Crippen LogP contribution in [0.3, 0.4) is 0 Å². The molecule has 1 N–H and O–H groups in total. The molecule has 0 heterocycles. The second-order valence-electron chi connectivity index (χ2n) is 5.17. The molecule has 0 aromatic heterocycles. The molecule has 1 aliphatic rings. The average Bonchev–Trinajstić information content (AvgIpc) is 2.54. The molecule has 0 saturated carbocycles. The summed E-state index contributed by atoms with van der Waals surface area (Å²) in [6.07, 6.45) is 7.27. The van der Waals surface area contributed by atoms with Crippen molar-refractivity contribution < 1.29 is 14.3 Å². The van der Waals surface area contributed by atoms with Crippen molar-refractivity contribution in [1.82, 2.24) is 5.32 Å². The van der Waals surface area contributed by atoms with E-state index in [1.165, 1.54) is 5.56 Å². The van der Waals surface area contributed by atoms with E-state index in [0.29, 0.717) is 13.0 Å². The summed E-state index contributed by atoms with van der Waals surface area (Å²) in [5.41, 5.74) is 1.17. The Bertz CT molecular complexity index is 496. The number of rotatable bonds is 6. The SMILES string of the molecule is O=C(COC(=O)[C@@H]1CC=CCC1)NCCc1ccccc1. The summed E-state index contributed by atoms with van der Waals surface area (Å²) in [6.45, 7) is 0.362. The Balaban J connectivity index is 1.61. The van der Waals surface area contributed by atoms with Crippen molar-refractivity contribution in [2.75, 3.05) is 13.2 Å². The van der Waals surface area contributed by atoms with Crippen molar-refractivity contribution in [1.29, 1.82) is 0 Å². The van der Waals surface area contributed by atoms with Gasteiger partial charge >= 0.3 is 5.97 Å². The quantitative estimate of drug-likeness (QED) is 0.645. The Morgan fingerprint density at radius 1 is 1.19 bits per heavy atom. The topological polar surface area (TPSA) is 55.4 Å². The Kier molecular flexibility index (Phi) is 6.00. The minimum Gasteiger partial charge on any atom is -0.455 e. The van der Waals surface area contributed by atoms with Crippen LogP contribution in [0.4, 0.5) is 0 Å². The molecule has 4 nitrogen and oxygen atoms in total. The van der Waals surface area contributed by atoms with E-state index >= 15 is 0 Å². The highest BCUT2D eigenvalue weighted by atomic mass is 16.5. The molecule has 2 rings (SSSR count). The van der Waals surface area contributed by atoms with Gasteiger partial charge in [0.2, 0.25) is 0 Å². The maximum atomic E-state index is 11.8. The number of carbonyl (C=O) groups is 2. The van der Waals surface area contributed by atoms with E-state index < -0.39 is 0 Å². The highest BCUT2D eigenvalue weighted by Gasteiger charge is 2.20. The molecule has 1 aromatic carbocycles.